The number of ether oxygens (including phenoxy) is 1. The van der Waals surface area contributed by atoms with Crippen molar-refractivity contribution in [2.45, 2.75) is 32.8 Å². The lowest BCUT2D eigenvalue weighted by molar-refractivity contribution is -0.385. The van der Waals surface area contributed by atoms with E-state index in [-0.39, 0.29) is 34.1 Å². The number of halogens is 3. The number of hydrogen-bond acceptors (Lipinski definition) is 6. The molecule has 37 heavy (non-hydrogen) atoms. The van der Waals surface area contributed by atoms with Gasteiger partial charge in [0.15, 0.2) is 0 Å². The average Bonchev–Trinajstić information content (AvgIpc) is 2.87. The van der Waals surface area contributed by atoms with Gasteiger partial charge < -0.3 is 4.74 Å². The van der Waals surface area contributed by atoms with Crippen LogP contribution in [-0.2, 0) is 13.0 Å². The van der Waals surface area contributed by atoms with Crippen molar-refractivity contribution < 1.29 is 14.1 Å². The van der Waals surface area contributed by atoms with E-state index in [0.717, 1.165) is 17.3 Å². The molecule has 0 saturated carbocycles. The minimum absolute atomic E-state index is 0.0499. The molecule has 0 bridgehead atoms. The van der Waals surface area contributed by atoms with Crippen molar-refractivity contribution in [3.05, 3.63) is 107 Å². The number of aryl methyl sites for hydroxylation is 1. The van der Waals surface area contributed by atoms with Gasteiger partial charge in [0.05, 0.1) is 27.1 Å². The second kappa shape index (κ2) is 11.6. The highest BCUT2D eigenvalue weighted by atomic mass is 79.9. The molecular weight excluding hydrogens is 567 g/mol. The Morgan fingerprint density at radius 1 is 1.24 bits per heavy atom. The van der Waals surface area contributed by atoms with Crippen LogP contribution in [0.5, 0.6) is 5.75 Å². The summed E-state index contributed by atoms with van der Waals surface area (Å²) in [6.45, 7) is 1.79. The van der Waals surface area contributed by atoms with Crippen LogP contribution in [0.1, 0.15) is 36.7 Å². The molecule has 0 radical (unpaired) electrons. The van der Waals surface area contributed by atoms with Crippen LogP contribution in [0.4, 0.5) is 10.1 Å². The molecular formula is C26H21BrClFN4O4. The van der Waals surface area contributed by atoms with Crippen LogP contribution in [-0.4, -0.2) is 20.8 Å². The molecule has 0 aliphatic rings. The fourth-order valence-corrected chi connectivity index (χ4v) is 4.29. The van der Waals surface area contributed by atoms with Crippen LogP contribution in [0.3, 0.4) is 0 Å². The Kier molecular flexibility index (Phi) is 8.30. The molecule has 4 aromatic rings. The standard InChI is InChI=1S/C26H21BrClFN4O4/c1-2-3-8-24-31-22-10-9-18(27)13-19(22)26(34)32(24)30-14-16-11-20(28)25(23(12-16)33(35)36)37-15-17-6-4-5-7-21(17)29/h4-7,9-14H,2-3,8,15H2,1H3. The number of nitro benzene ring substituents is 1. The molecule has 1 aromatic heterocycles. The Hall–Kier alpha value is -3.63. The van der Waals surface area contributed by atoms with Gasteiger partial charge in [0, 0.05) is 28.1 Å². The summed E-state index contributed by atoms with van der Waals surface area (Å²) in [6.07, 6.45) is 3.53. The number of hydrogen-bond donors (Lipinski definition) is 0. The summed E-state index contributed by atoms with van der Waals surface area (Å²) >= 11 is 9.69. The summed E-state index contributed by atoms with van der Waals surface area (Å²) in [5.41, 5.74) is 0.287. The minimum Gasteiger partial charge on any atom is -0.481 e. The van der Waals surface area contributed by atoms with Crippen LogP contribution < -0.4 is 10.3 Å². The Morgan fingerprint density at radius 2 is 2.03 bits per heavy atom. The number of benzene rings is 3. The van der Waals surface area contributed by atoms with Crippen molar-refractivity contribution >= 4 is 50.3 Å². The van der Waals surface area contributed by atoms with Crippen LogP contribution >= 0.6 is 27.5 Å². The lowest BCUT2D eigenvalue weighted by Crippen LogP contribution is -2.22. The Labute approximate surface area is 224 Å². The van der Waals surface area contributed by atoms with Crippen LogP contribution in [0.2, 0.25) is 5.02 Å². The van der Waals surface area contributed by atoms with Gasteiger partial charge in [0.2, 0.25) is 5.75 Å². The number of fused-ring (bicyclic) bond motifs is 1. The quantitative estimate of drug-likeness (QED) is 0.124. The highest BCUT2D eigenvalue weighted by Crippen LogP contribution is 2.36. The van der Waals surface area contributed by atoms with Gasteiger partial charge >= 0.3 is 5.69 Å². The van der Waals surface area contributed by atoms with E-state index in [1.807, 2.05) is 13.0 Å². The van der Waals surface area contributed by atoms with Crippen molar-refractivity contribution in [1.29, 1.82) is 0 Å². The van der Waals surface area contributed by atoms with Crippen molar-refractivity contribution in [1.82, 2.24) is 9.66 Å². The molecule has 8 nitrogen and oxygen atoms in total. The second-order valence-corrected chi connectivity index (χ2v) is 9.47. The first-order valence-electron chi connectivity index (χ1n) is 11.4. The monoisotopic (exact) mass is 586 g/mol. The van der Waals surface area contributed by atoms with Gasteiger partial charge in [-0.1, -0.05) is 59.1 Å². The number of unbranched alkanes of at least 4 members (excludes halogenated alkanes) is 1. The first-order valence-corrected chi connectivity index (χ1v) is 12.5. The zero-order chi connectivity index (χ0) is 26.5. The van der Waals surface area contributed by atoms with E-state index in [2.05, 4.69) is 26.0 Å². The molecule has 190 valence electrons. The lowest BCUT2D eigenvalue weighted by atomic mass is 10.2. The largest absolute Gasteiger partial charge is 0.481 e. The summed E-state index contributed by atoms with van der Waals surface area (Å²) in [5.74, 6) is -0.209. The molecule has 11 heteroatoms. The zero-order valence-electron chi connectivity index (χ0n) is 19.7. The van der Waals surface area contributed by atoms with Crippen LogP contribution in [0, 0.1) is 15.9 Å². The molecule has 0 aliphatic carbocycles. The van der Waals surface area contributed by atoms with E-state index in [0.29, 0.717) is 23.1 Å². The predicted octanol–water partition coefficient (Wildman–Crippen LogP) is 6.66. The highest BCUT2D eigenvalue weighted by molar-refractivity contribution is 9.10. The van der Waals surface area contributed by atoms with Crippen LogP contribution in [0.15, 0.2) is 69.0 Å². The number of nitro groups is 1. The topological polar surface area (TPSA) is 99.6 Å². The third kappa shape index (κ3) is 6.03. The van der Waals surface area contributed by atoms with Gasteiger partial charge in [-0.05, 0) is 36.8 Å². The third-order valence-electron chi connectivity index (χ3n) is 5.52. The van der Waals surface area contributed by atoms with Gasteiger partial charge in [0.1, 0.15) is 18.2 Å². The van der Waals surface area contributed by atoms with Gasteiger partial charge in [0.25, 0.3) is 5.56 Å². The minimum atomic E-state index is -0.645. The van der Waals surface area contributed by atoms with Crippen molar-refractivity contribution in [2.75, 3.05) is 0 Å². The number of aromatic nitrogens is 2. The summed E-state index contributed by atoms with van der Waals surface area (Å²) in [7, 11) is 0. The molecule has 0 spiro atoms. The van der Waals surface area contributed by atoms with Gasteiger partial charge in [-0.3, -0.25) is 14.9 Å². The van der Waals surface area contributed by atoms with Gasteiger partial charge in [-0.2, -0.15) is 9.78 Å². The van der Waals surface area contributed by atoms with Crippen molar-refractivity contribution in [3.8, 4) is 5.75 Å². The van der Waals surface area contributed by atoms with Crippen molar-refractivity contribution in [2.24, 2.45) is 5.10 Å². The maximum atomic E-state index is 13.9. The fourth-order valence-electron chi connectivity index (χ4n) is 3.65. The van der Waals surface area contributed by atoms with E-state index >= 15 is 0 Å². The zero-order valence-corrected chi connectivity index (χ0v) is 22.0. The molecule has 0 N–H and O–H groups in total. The molecule has 3 aromatic carbocycles. The summed E-state index contributed by atoms with van der Waals surface area (Å²) < 4.78 is 21.4. The molecule has 0 aliphatic heterocycles. The van der Waals surface area contributed by atoms with E-state index in [4.69, 9.17) is 16.3 Å². The third-order valence-corrected chi connectivity index (χ3v) is 6.30. The molecule has 0 amide bonds. The summed E-state index contributed by atoms with van der Waals surface area (Å²) in [6, 6.07) is 13.8. The van der Waals surface area contributed by atoms with Gasteiger partial charge in [-0.25, -0.2) is 9.37 Å². The van der Waals surface area contributed by atoms with Crippen LogP contribution in [0.25, 0.3) is 10.9 Å². The summed E-state index contributed by atoms with van der Waals surface area (Å²) in [5, 5.41) is 16.4. The average molecular weight is 588 g/mol. The molecule has 0 fully saturated rings. The highest BCUT2D eigenvalue weighted by Gasteiger charge is 2.21. The fraction of sp³-hybridized carbons (Fsp3) is 0.192. The molecule has 1 heterocycles. The lowest BCUT2D eigenvalue weighted by Gasteiger charge is -2.11. The Bertz CT molecular complexity index is 1570. The van der Waals surface area contributed by atoms with Gasteiger partial charge in [-0.15, -0.1) is 0 Å². The SMILES string of the molecule is CCCCc1nc2ccc(Br)cc2c(=O)n1N=Cc1cc(Cl)c(OCc2ccccc2F)c([N+](=O)[O-])c1. The smallest absolute Gasteiger partial charge is 0.313 e. The number of nitrogens with zero attached hydrogens (tertiary/aromatic N) is 4. The molecule has 4 rings (SSSR count). The predicted molar refractivity (Wildman–Crippen MR) is 144 cm³/mol. The Morgan fingerprint density at radius 3 is 2.76 bits per heavy atom. The first kappa shape index (κ1) is 26.4. The Balaban J connectivity index is 1.72. The van der Waals surface area contributed by atoms with E-state index in [1.54, 1.807) is 18.2 Å². The molecule has 0 unspecified atom stereocenters. The maximum Gasteiger partial charge on any atom is 0.313 e. The van der Waals surface area contributed by atoms with Crippen molar-refractivity contribution in [3.63, 3.8) is 0 Å². The van der Waals surface area contributed by atoms with E-state index in [9.17, 15) is 19.3 Å². The maximum absolute atomic E-state index is 13.9. The van der Waals surface area contributed by atoms with E-state index in [1.165, 1.54) is 41.2 Å². The summed E-state index contributed by atoms with van der Waals surface area (Å²) in [4.78, 5) is 29.0. The molecule has 0 saturated heterocycles. The second-order valence-electron chi connectivity index (χ2n) is 8.14. The molecule has 0 atom stereocenters. The number of rotatable bonds is 9. The normalized spacial score (nSPS) is 11.4. The first-order chi connectivity index (χ1) is 17.8. The van der Waals surface area contributed by atoms with E-state index < -0.39 is 16.4 Å².